The summed E-state index contributed by atoms with van der Waals surface area (Å²) in [5, 5.41) is 17.1. The molecule has 0 heterocycles. The van der Waals surface area contributed by atoms with Gasteiger partial charge in [0.2, 0.25) is 0 Å². The Labute approximate surface area is 171 Å². The lowest BCUT2D eigenvalue weighted by Gasteiger charge is -2.16. The number of guanidine groups is 1. The fraction of sp³-hybridized carbons (Fsp3) is 0.381. The number of benzene rings is 2. The molecule has 0 radical (unpaired) electrons. The molecule has 1 atom stereocenters. The summed E-state index contributed by atoms with van der Waals surface area (Å²) < 4.78 is 10.6. The molecule has 0 bridgehead atoms. The zero-order valence-corrected chi connectivity index (χ0v) is 17.5. The monoisotopic (exact) mass is 403 g/mol. The number of nitrogens with zero attached hydrogens (tertiary/aromatic N) is 1. The fourth-order valence-electron chi connectivity index (χ4n) is 2.57. The smallest absolute Gasteiger partial charge is 0.191 e. The van der Waals surface area contributed by atoms with Gasteiger partial charge in [-0.05, 0) is 37.3 Å². The van der Waals surface area contributed by atoms with Crippen molar-refractivity contribution in [1.82, 2.24) is 10.6 Å². The number of aliphatic hydroxyl groups excluding tert-OH is 1. The third-order valence-corrected chi connectivity index (χ3v) is 4.98. The molecule has 2 aromatic carbocycles. The number of aliphatic imine (C=N–C) groups is 1. The third-order valence-electron chi connectivity index (χ3n) is 3.97. The first-order valence-electron chi connectivity index (χ1n) is 9.28. The van der Waals surface area contributed by atoms with Gasteiger partial charge in [-0.15, -0.1) is 11.8 Å². The van der Waals surface area contributed by atoms with E-state index in [1.807, 2.05) is 25.1 Å². The lowest BCUT2D eigenvalue weighted by atomic mass is 10.1. The summed E-state index contributed by atoms with van der Waals surface area (Å²) in [7, 11) is 3.17. The zero-order valence-electron chi connectivity index (χ0n) is 16.6. The normalized spacial score (nSPS) is 12.4. The standard InChI is InChI=1S/C21H29N3O3S/c1-4-22-21(23-12-13-28-17-8-6-5-7-9-17)24-15-19(25)18-14-16(26-2)10-11-20(18)27-3/h5-11,14,19,25H,4,12-13,15H2,1-3H3,(H2,22,23,24). The third kappa shape index (κ3) is 6.98. The van der Waals surface area contributed by atoms with Crippen LogP contribution in [-0.2, 0) is 0 Å². The van der Waals surface area contributed by atoms with Crippen LogP contribution in [0.15, 0.2) is 58.4 Å². The van der Waals surface area contributed by atoms with Crippen molar-refractivity contribution in [2.45, 2.75) is 17.9 Å². The number of nitrogens with one attached hydrogen (secondary N) is 2. The molecule has 0 aliphatic carbocycles. The molecular weight excluding hydrogens is 374 g/mol. The second-order valence-electron chi connectivity index (χ2n) is 5.93. The van der Waals surface area contributed by atoms with Gasteiger partial charge in [-0.1, -0.05) is 18.2 Å². The molecular formula is C21H29N3O3S. The minimum absolute atomic E-state index is 0.213. The Morgan fingerprint density at radius 2 is 1.89 bits per heavy atom. The highest BCUT2D eigenvalue weighted by Gasteiger charge is 2.14. The second-order valence-corrected chi connectivity index (χ2v) is 7.10. The molecule has 0 fully saturated rings. The average molecular weight is 404 g/mol. The molecule has 0 aliphatic rings. The Balaban J connectivity index is 1.92. The van der Waals surface area contributed by atoms with Crippen LogP contribution < -0.4 is 20.1 Å². The SMILES string of the molecule is CCNC(=NCC(O)c1cc(OC)ccc1OC)NCCSc1ccccc1. The molecule has 0 saturated heterocycles. The van der Waals surface area contributed by atoms with Crippen molar-refractivity contribution in [3.8, 4) is 11.5 Å². The van der Waals surface area contributed by atoms with Crippen LogP contribution in [0.2, 0.25) is 0 Å². The highest BCUT2D eigenvalue weighted by molar-refractivity contribution is 7.99. The zero-order chi connectivity index (χ0) is 20.2. The lowest BCUT2D eigenvalue weighted by molar-refractivity contribution is 0.182. The summed E-state index contributed by atoms with van der Waals surface area (Å²) in [5.41, 5.74) is 0.654. The number of hydrogen-bond donors (Lipinski definition) is 3. The van der Waals surface area contributed by atoms with Gasteiger partial charge in [0.25, 0.3) is 0 Å². The molecule has 2 aromatic rings. The van der Waals surface area contributed by atoms with Crippen LogP contribution in [0.1, 0.15) is 18.6 Å². The molecule has 2 rings (SSSR count). The van der Waals surface area contributed by atoms with Crippen LogP contribution >= 0.6 is 11.8 Å². The van der Waals surface area contributed by atoms with E-state index in [1.165, 1.54) is 4.90 Å². The van der Waals surface area contributed by atoms with Crippen molar-refractivity contribution in [1.29, 1.82) is 0 Å². The topological polar surface area (TPSA) is 75.1 Å². The summed E-state index contributed by atoms with van der Waals surface area (Å²) in [6, 6.07) is 15.6. The van der Waals surface area contributed by atoms with Gasteiger partial charge in [-0.3, -0.25) is 4.99 Å². The van der Waals surface area contributed by atoms with Crippen LogP contribution in [0.5, 0.6) is 11.5 Å². The van der Waals surface area contributed by atoms with E-state index in [0.29, 0.717) is 23.0 Å². The molecule has 1 unspecified atom stereocenters. The Kier molecular flexibility index (Phi) is 9.51. The summed E-state index contributed by atoms with van der Waals surface area (Å²) in [6.07, 6.45) is -0.792. The van der Waals surface area contributed by atoms with Gasteiger partial charge in [0.1, 0.15) is 17.6 Å². The first kappa shape index (κ1) is 21.9. The Hall–Kier alpha value is -2.38. The Bertz CT molecular complexity index is 741. The van der Waals surface area contributed by atoms with Crippen LogP contribution in [0.3, 0.4) is 0 Å². The van der Waals surface area contributed by atoms with E-state index in [0.717, 1.165) is 18.8 Å². The Morgan fingerprint density at radius 3 is 2.57 bits per heavy atom. The van der Waals surface area contributed by atoms with Crippen LogP contribution in [0, 0.1) is 0 Å². The molecule has 0 amide bonds. The summed E-state index contributed by atoms with van der Waals surface area (Å²) >= 11 is 1.79. The predicted octanol–water partition coefficient (Wildman–Crippen LogP) is 3.08. The first-order valence-corrected chi connectivity index (χ1v) is 10.3. The molecule has 0 saturated carbocycles. The molecule has 7 heteroatoms. The highest BCUT2D eigenvalue weighted by Crippen LogP contribution is 2.29. The van der Waals surface area contributed by atoms with Crippen molar-refractivity contribution in [3.63, 3.8) is 0 Å². The summed E-state index contributed by atoms with van der Waals surface area (Å²) in [4.78, 5) is 5.75. The van der Waals surface area contributed by atoms with E-state index in [4.69, 9.17) is 9.47 Å². The predicted molar refractivity (Wildman–Crippen MR) is 116 cm³/mol. The minimum atomic E-state index is -0.792. The number of aliphatic hydroxyl groups is 1. The maximum absolute atomic E-state index is 10.6. The van der Waals surface area contributed by atoms with E-state index in [-0.39, 0.29) is 6.54 Å². The lowest BCUT2D eigenvalue weighted by Crippen LogP contribution is -2.38. The van der Waals surface area contributed by atoms with Gasteiger partial charge in [0.05, 0.1) is 20.8 Å². The van der Waals surface area contributed by atoms with Crippen LogP contribution in [-0.4, -0.2) is 50.7 Å². The molecule has 0 aromatic heterocycles. The van der Waals surface area contributed by atoms with Crippen molar-refractivity contribution in [3.05, 3.63) is 54.1 Å². The van der Waals surface area contributed by atoms with Gasteiger partial charge in [0.15, 0.2) is 5.96 Å². The van der Waals surface area contributed by atoms with Gasteiger partial charge in [-0.2, -0.15) is 0 Å². The van der Waals surface area contributed by atoms with Gasteiger partial charge >= 0.3 is 0 Å². The van der Waals surface area contributed by atoms with E-state index < -0.39 is 6.10 Å². The molecule has 3 N–H and O–H groups in total. The van der Waals surface area contributed by atoms with Crippen molar-refractivity contribution in [2.24, 2.45) is 4.99 Å². The van der Waals surface area contributed by atoms with E-state index >= 15 is 0 Å². The number of hydrogen-bond acceptors (Lipinski definition) is 5. The van der Waals surface area contributed by atoms with Crippen molar-refractivity contribution >= 4 is 17.7 Å². The minimum Gasteiger partial charge on any atom is -0.497 e. The molecule has 0 spiro atoms. The maximum Gasteiger partial charge on any atom is 0.191 e. The van der Waals surface area contributed by atoms with E-state index in [9.17, 15) is 5.11 Å². The quantitative estimate of drug-likeness (QED) is 0.245. The molecule has 28 heavy (non-hydrogen) atoms. The van der Waals surface area contributed by atoms with Gasteiger partial charge in [-0.25, -0.2) is 0 Å². The van der Waals surface area contributed by atoms with E-state index in [2.05, 4.69) is 27.8 Å². The number of thioether (sulfide) groups is 1. The van der Waals surface area contributed by atoms with Crippen LogP contribution in [0.25, 0.3) is 0 Å². The van der Waals surface area contributed by atoms with Gasteiger partial charge < -0.3 is 25.2 Å². The van der Waals surface area contributed by atoms with E-state index in [1.54, 1.807) is 44.2 Å². The van der Waals surface area contributed by atoms with Crippen molar-refractivity contribution < 1.29 is 14.6 Å². The molecule has 0 aliphatic heterocycles. The van der Waals surface area contributed by atoms with Crippen molar-refractivity contribution in [2.75, 3.05) is 39.6 Å². The van der Waals surface area contributed by atoms with Crippen LogP contribution in [0.4, 0.5) is 0 Å². The van der Waals surface area contributed by atoms with Gasteiger partial charge in [0, 0.05) is 29.3 Å². The Morgan fingerprint density at radius 1 is 1.11 bits per heavy atom. The highest BCUT2D eigenvalue weighted by atomic mass is 32.2. The maximum atomic E-state index is 10.6. The second kappa shape index (κ2) is 12.2. The molecule has 6 nitrogen and oxygen atoms in total. The summed E-state index contributed by atoms with van der Waals surface area (Å²) in [6.45, 7) is 3.74. The number of rotatable bonds is 10. The number of methoxy groups -OCH3 is 2. The fourth-order valence-corrected chi connectivity index (χ4v) is 3.36. The molecule has 152 valence electrons. The average Bonchev–Trinajstić information content (AvgIpc) is 2.74. The summed E-state index contributed by atoms with van der Waals surface area (Å²) in [5.74, 6) is 2.88. The largest absolute Gasteiger partial charge is 0.497 e. The first-order chi connectivity index (χ1) is 13.7. The number of ether oxygens (including phenoxy) is 2.